The third-order valence-corrected chi connectivity index (χ3v) is 2.70. The first-order valence-electron chi connectivity index (χ1n) is 5.38. The monoisotopic (exact) mass is 261 g/mol. The third kappa shape index (κ3) is 2.35. The van der Waals surface area contributed by atoms with Crippen LogP contribution in [-0.2, 0) is 0 Å². The van der Waals surface area contributed by atoms with Gasteiger partial charge in [0.1, 0.15) is 11.6 Å². The quantitative estimate of drug-likeness (QED) is 0.863. The lowest BCUT2D eigenvalue weighted by atomic mass is 10.0. The molecule has 0 saturated carbocycles. The number of carbonyl (C=O) groups is 2. The van der Waals surface area contributed by atoms with E-state index in [1.807, 2.05) is 0 Å². The molecule has 2 aromatic carbocycles. The van der Waals surface area contributed by atoms with E-state index in [4.69, 9.17) is 5.73 Å². The van der Waals surface area contributed by atoms with Crippen LogP contribution in [0.3, 0.4) is 0 Å². The van der Waals surface area contributed by atoms with Gasteiger partial charge in [-0.15, -0.1) is 0 Å². The van der Waals surface area contributed by atoms with Crippen molar-refractivity contribution < 1.29 is 18.4 Å². The summed E-state index contributed by atoms with van der Waals surface area (Å²) in [6.07, 6.45) is 0.370. The molecule has 0 atom stereocenters. The van der Waals surface area contributed by atoms with Gasteiger partial charge in [-0.25, -0.2) is 8.78 Å². The topological polar surface area (TPSA) is 60.2 Å². The fourth-order valence-corrected chi connectivity index (χ4v) is 1.74. The second-order valence-corrected chi connectivity index (χ2v) is 3.89. The molecule has 2 N–H and O–H groups in total. The third-order valence-electron chi connectivity index (χ3n) is 2.70. The Morgan fingerprint density at radius 2 is 1.89 bits per heavy atom. The minimum absolute atomic E-state index is 0.0487. The predicted octanol–water partition coefficient (Wildman–Crippen LogP) is 2.54. The van der Waals surface area contributed by atoms with Gasteiger partial charge in [-0.3, -0.25) is 9.59 Å². The van der Waals surface area contributed by atoms with Gasteiger partial charge in [-0.05, 0) is 23.8 Å². The summed E-state index contributed by atoms with van der Waals surface area (Å²) < 4.78 is 27.5. The summed E-state index contributed by atoms with van der Waals surface area (Å²) in [5.41, 5.74) is 4.93. The molecule has 96 valence electrons. The first-order chi connectivity index (χ1) is 9.04. The number of benzene rings is 2. The molecule has 2 aromatic rings. The minimum atomic E-state index is -0.899. The lowest BCUT2D eigenvalue weighted by molar-refractivity contribution is 0.0996. The van der Waals surface area contributed by atoms with Crippen LogP contribution in [0.5, 0.6) is 0 Å². The van der Waals surface area contributed by atoms with Gasteiger partial charge in [0.2, 0.25) is 0 Å². The number of primary amides is 1. The zero-order valence-electron chi connectivity index (χ0n) is 9.69. The molecule has 0 aliphatic heterocycles. The Labute approximate surface area is 107 Å². The second-order valence-electron chi connectivity index (χ2n) is 3.89. The predicted molar refractivity (Wildman–Crippen MR) is 65.7 cm³/mol. The highest BCUT2D eigenvalue weighted by Gasteiger charge is 2.14. The van der Waals surface area contributed by atoms with E-state index in [-0.39, 0.29) is 22.3 Å². The highest BCUT2D eigenvalue weighted by Crippen LogP contribution is 2.26. The maximum Gasteiger partial charge on any atom is 0.251 e. The van der Waals surface area contributed by atoms with Crippen LogP contribution in [0.15, 0.2) is 36.4 Å². The number of hydrogen-bond acceptors (Lipinski definition) is 2. The Balaban J connectivity index is 2.59. The molecule has 0 radical (unpaired) electrons. The molecular formula is C14H9F2NO2. The molecular weight excluding hydrogens is 252 g/mol. The Morgan fingerprint density at radius 1 is 1.16 bits per heavy atom. The van der Waals surface area contributed by atoms with Crippen molar-refractivity contribution in [3.8, 4) is 11.1 Å². The number of halogens is 2. The average Bonchev–Trinajstić information content (AvgIpc) is 2.38. The minimum Gasteiger partial charge on any atom is -0.366 e. The molecule has 0 aliphatic carbocycles. The highest BCUT2D eigenvalue weighted by molar-refractivity contribution is 5.94. The lowest BCUT2D eigenvalue weighted by Crippen LogP contribution is -2.13. The van der Waals surface area contributed by atoms with Crippen LogP contribution >= 0.6 is 0 Å². The molecule has 0 aromatic heterocycles. The van der Waals surface area contributed by atoms with Crippen molar-refractivity contribution in [2.45, 2.75) is 0 Å². The van der Waals surface area contributed by atoms with E-state index in [9.17, 15) is 18.4 Å². The normalized spacial score (nSPS) is 10.2. The fourth-order valence-electron chi connectivity index (χ4n) is 1.74. The molecule has 0 unspecified atom stereocenters. The van der Waals surface area contributed by atoms with Gasteiger partial charge in [-0.1, -0.05) is 18.2 Å². The van der Waals surface area contributed by atoms with Gasteiger partial charge in [0.15, 0.2) is 6.29 Å². The van der Waals surface area contributed by atoms with E-state index >= 15 is 0 Å². The van der Waals surface area contributed by atoms with Crippen molar-refractivity contribution in [2.24, 2.45) is 5.73 Å². The van der Waals surface area contributed by atoms with Gasteiger partial charge >= 0.3 is 0 Å². The van der Waals surface area contributed by atoms with Crippen LogP contribution in [0.4, 0.5) is 8.78 Å². The SMILES string of the molecule is NC(=O)c1cccc(-c2ccc(C=O)c(F)c2)c1F. The fraction of sp³-hybridized carbons (Fsp3) is 0. The number of rotatable bonds is 3. The van der Waals surface area contributed by atoms with Crippen LogP contribution in [0.2, 0.25) is 0 Å². The summed E-state index contributed by atoms with van der Waals surface area (Å²) in [4.78, 5) is 21.5. The molecule has 0 fully saturated rings. The summed E-state index contributed by atoms with van der Waals surface area (Å²) in [5, 5.41) is 0. The van der Waals surface area contributed by atoms with Crippen molar-refractivity contribution >= 4 is 12.2 Å². The molecule has 19 heavy (non-hydrogen) atoms. The first-order valence-corrected chi connectivity index (χ1v) is 5.38. The molecule has 0 aliphatic rings. The number of carbonyl (C=O) groups excluding carboxylic acids is 2. The van der Waals surface area contributed by atoms with Gasteiger partial charge < -0.3 is 5.73 Å². The molecule has 2 rings (SSSR count). The van der Waals surface area contributed by atoms with Crippen LogP contribution < -0.4 is 5.73 Å². The van der Waals surface area contributed by atoms with Gasteiger partial charge in [0.25, 0.3) is 5.91 Å². The number of nitrogens with two attached hydrogens (primary N) is 1. The summed E-state index contributed by atoms with van der Waals surface area (Å²) in [6, 6.07) is 7.77. The summed E-state index contributed by atoms with van der Waals surface area (Å²) in [6.45, 7) is 0. The van der Waals surface area contributed by atoms with Crippen LogP contribution in [0.25, 0.3) is 11.1 Å². The smallest absolute Gasteiger partial charge is 0.251 e. The standard InChI is InChI=1S/C14H9F2NO2/c15-12-6-8(4-5-9(12)7-18)10-2-1-3-11(13(10)16)14(17)19/h1-7H,(H2,17,19). The van der Waals surface area contributed by atoms with Crippen molar-refractivity contribution in [3.05, 3.63) is 59.2 Å². The Morgan fingerprint density at radius 3 is 2.47 bits per heavy atom. The van der Waals surface area contributed by atoms with E-state index in [0.717, 1.165) is 6.07 Å². The molecule has 3 nitrogen and oxygen atoms in total. The molecule has 0 heterocycles. The van der Waals surface area contributed by atoms with Crippen LogP contribution in [0.1, 0.15) is 20.7 Å². The van der Waals surface area contributed by atoms with Crippen molar-refractivity contribution in [3.63, 3.8) is 0 Å². The van der Waals surface area contributed by atoms with Crippen LogP contribution in [-0.4, -0.2) is 12.2 Å². The van der Waals surface area contributed by atoms with Gasteiger partial charge in [-0.2, -0.15) is 0 Å². The molecule has 1 amide bonds. The van der Waals surface area contributed by atoms with E-state index in [1.54, 1.807) is 0 Å². The maximum absolute atomic E-state index is 14.0. The lowest BCUT2D eigenvalue weighted by Gasteiger charge is -2.07. The Kier molecular flexibility index (Phi) is 3.37. The zero-order chi connectivity index (χ0) is 14.0. The summed E-state index contributed by atoms with van der Waals surface area (Å²) in [5.74, 6) is -2.46. The molecule has 0 bridgehead atoms. The van der Waals surface area contributed by atoms with Crippen molar-refractivity contribution in [2.75, 3.05) is 0 Å². The zero-order valence-corrected chi connectivity index (χ0v) is 9.69. The van der Waals surface area contributed by atoms with E-state index in [2.05, 4.69) is 0 Å². The molecule has 5 heteroatoms. The second kappa shape index (κ2) is 4.97. The van der Waals surface area contributed by atoms with E-state index in [1.165, 1.54) is 30.3 Å². The number of amides is 1. The maximum atomic E-state index is 14.0. The summed E-state index contributed by atoms with van der Waals surface area (Å²) >= 11 is 0. The van der Waals surface area contributed by atoms with Gasteiger partial charge in [0.05, 0.1) is 11.1 Å². The first kappa shape index (κ1) is 12.9. The Hall–Kier alpha value is -2.56. The highest BCUT2D eigenvalue weighted by atomic mass is 19.1. The average molecular weight is 261 g/mol. The number of hydrogen-bond donors (Lipinski definition) is 1. The molecule has 0 saturated heterocycles. The van der Waals surface area contributed by atoms with E-state index < -0.39 is 17.5 Å². The Bertz CT molecular complexity index is 668. The summed E-state index contributed by atoms with van der Waals surface area (Å²) in [7, 11) is 0. The van der Waals surface area contributed by atoms with Gasteiger partial charge in [0, 0.05) is 5.56 Å². The molecule has 0 spiro atoms. The number of aldehydes is 1. The van der Waals surface area contributed by atoms with Crippen molar-refractivity contribution in [1.29, 1.82) is 0 Å². The van der Waals surface area contributed by atoms with Crippen molar-refractivity contribution in [1.82, 2.24) is 0 Å². The van der Waals surface area contributed by atoms with Crippen LogP contribution in [0, 0.1) is 11.6 Å². The van der Waals surface area contributed by atoms with E-state index in [0.29, 0.717) is 6.29 Å². The largest absolute Gasteiger partial charge is 0.366 e.